The van der Waals surface area contributed by atoms with E-state index in [-0.39, 0.29) is 13.0 Å². The number of hydrogen-bond donors (Lipinski definition) is 3. The van der Waals surface area contributed by atoms with Crippen LogP contribution in [0, 0.1) is 0 Å². The molecule has 4 N–H and O–H groups in total. The minimum Gasteiger partial charge on any atom is -0.480 e. The maximum atomic E-state index is 12.6. The molecular formula is C48H86NO9P. The average molecular weight is 852 g/mol. The van der Waals surface area contributed by atoms with Crippen LogP contribution in [-0.2, 0) is 32.7 Å². The molecular weight excluding hydrogens is 765 g/mol. The minimum absolute atomic E-state index is 0.0108. The molecule has 11 heteroatoms. The van der Waals surface area contributed by atoms with Crippen molar-refractivity contribution in [2.24, 2.45) is 5.73 Å². The third-order valence-corrected chi connectivity index (χ3v) is 10.8. The Morgan fingerprint density at radius 3 is 1.47 bits per heavy atom. The molecule has 3 unspecified atom stereocenters. The lowest BCUT2D eigenvalue weighted by atomic mass is 10.0. The number of phosphoric acid groups is 1. The van der Waals surface area contributed by atoms with E-state index in [2.05, 4.69) is 74.6 Å². The Bertz CT molecular complexity index is 1170. The van der Waals surface area contributed by atoms with Crippen LogP contribution in [0.5, 0.6) is 0 Å². The predicted octanol–water partition coefficient (Wildman–Crippen LogP) is 13.2. The number of unbranched alkanes of at least 4 members (excludes halogenated alkanes) is 20. The molecule has 59 heavy (non-hydrogen) atoms. The standard InChI is InChI=1S/C48H86NO9P/c1-3-5-7-9-11-13-15-17-18-19-20-21-22-23-24-25-26-27-29-31-33-35-37-39-41-55-42-45(43-56-59(53,54)57-44-46(49)48(51)52)58-47(50)40-38-36-34-32-30-28-16-14-12-10-8-6-4-2/h5,7,11,13,17-18,20-21,23-24,45-46H,3-4,6,8-10,12,14-16,19,22,25-44,49H2,1-2H3,(H,51,52)(H,53,54)/b7-5-,13-11-,18-17-,21-20-,24-23-. The molecule has 0 bridgehead atoms. The van der Waals surface area contributed by atoms with Crippen LogP contribution in [0.4, 0.5) is 0 Å². The summed E-state index contributed by atoms with van der Waals surface area (Å²) in [6, 6.07) is -1.48. The highest BCUT2D eigenvalue weighted by Gasteiger charge is 2.27. The van der Waals surface area contributed by atoms with Gasteiger partial charge >= 0.3 is 19.8 Å². The number of rotatable bonds is 44. The Kier molecular flexibility index (Phi) is 42.0. The van der Waals surface area contributed by atoms with Crippen molar-refractivity contribution in [1.29, 1.82) is 0 Å². The molecule has 0 aromatic carbocycles. The molecule has 0 spiro atoms. The van der Waals surface area contributed by atoms with Crippen molar-refractivity contribution < 1.29 is 42.7 Å². The maximum Gasteiger partial charge on any atom is 0.472 e. The molecule has 0 heterocycles. The Morgan fingerprint density at radius 1 is 0.559 bits per heavy atom. The van der Waals surface area contributed by atoms with Crippen LogP contribution in [0.15, 0.2) is 60.8 Å². The third-order valence-electron chi connectivity index (χ3n) is 9.81. The van der Waals surface area contributed by atoms with Crippen molar-refractivity contribution in [2.75, 3.05) is 26.4 Å². The number of carbonyl (C=O) groups excluding carboxylic acids is 1. The zero-order valence-electron chi connectivity index (χ0n) is 37.3. The van der Waals surface area contributed by atoms with Crippen molar-refractivity contribution in [3.8, 4) is 0 Å². The van der Waals surface area contributed by atoms with Gasteiger partial charge in [-0.3, -0.25) is 18.6 Å². The third kappa shape index (κ3) is 43.6. The molecule has 0 aromatic rings. The molecule has 0 aliphatic heterocycles. The molecule has 10 nitrogen and oxygen atoms in total. The fourth-order valence-electron chi connectivity index (χ4n) is 6.22. The SMILES string of the molecule is CC/C=C\C/C=C\C/C=C\C/C=C\C/C=C\CCCCCCCCCCOCC(COP(=O)(O)OCC(N)C(=O)O)OC(=O)CCCCCCCCCCCCCCC. The van der Waals surface area contributed by atoms with Gasteiger partial charge < -0.3 is 25.2 Å². The first-order chi connectivity index (χ1) is 28.7. The number of carboxylic acids is 1. The molecule has 0 fully saturated rings. The van der Waals surface area contributed by atoms with Crippen LogP contribution in [-0.4, -0.2) is 60.5 Å². The maximum absolute atomic E-state index is 12.6. The number of nitrogens with two attached hydrogens (primary N) is 1. The number of phosphoric ester groups is 1. The van der Waals surface area contributed by atoms with Gasteiger partial charge in [-0.2, -0.15) is 0 Å². The summed E-state index contributed by atoms with van der Waals surface area (Å²) in [5.74, 6) is -1.78. The summed E-state index contributed by atoms with van der Waals surface area (Å²) < 4.78 is 33.4. The highest BCUT2D eigenvalue weighted by Crippen LogP contribution is 2.43. The largest absolute Gasteiger partial charge is 0.480 e. The number of carboxylic acid groups (broad SMARTS) is 1. The van der Waals surface area contributed by atoms with E-state index in [1.165, 1.54) is 96.3 Å². The predicted molar refractivity (Wildman–Crippen MR) is 244 cm³/mol. The molecule has 0 radical (unpaired) electrons. The van der Waals surface area contributed by atoms with E-state index < -0.39 is 45.1 Å². The molecule has 342 valence electrons. The lowest BCUT2D eigenvalue weighted by molar-refractivity contribution is -0.154. The molecule has 0 aromatic heterocycles. The zero-order chi connectivity index (χ0) is 43.3. The summed E-state index contributed by atoms with van der Waals surface area (Å²) >= 11 is 0. The zero-order valence-corrected chi connectivity index (χ0v) is 38.2. The molecule has 0 saturated heterocycles. The van der Waals surface area contributed by atoms with Crippen LogP contribution in [0.1, 0.15) is 194 Å². The van der Waals surface area contributed by atoms with E-state index in [4.69, 9.17) is 29.4 Å². The second-order valence-corrected chi connectivity index (χ2v) is 17.0. The van der Waals surface area contributed by atoms with Crippen molar-refractivity contribution in [3.05, 3.63) is 60.8 Å². The number of ether oxygens (including phenoxy) is 2. The van der Waals surface area contributed by atoms with E-state index in [0.29, 0.717) is 13.0 Å². The van der Waals surface area contributed by atoms with E-state index in [1.807, 2.05) is 0 Å². The molecule has 0 aliphatic carbocycles. The van der Waals surface area contributed by atoms with E-state index >= 15 is 0 Å². The number of aliphatic carboxylic acids is 1. The number of carbonyl (C=O) groups is 2. The second-order valence-electron chi connectivity index (χ2n) is 15.5. The van der Waals surface area contributed by atoms with Crippen LogP contribution in [0.25, 0.3) is 0 Å². The molecule has 0 saturated carbocycles. The lowest BCUT2D eigenvalue weighted by Crippen LogP contribution is -2.34. The summed E-state index contributed by atoms with van der Waals surface area (Å²) in [6.45, 7) is 3.75. The fraction of sp³-hybridized carbons (Fsp3) is 0.750. The summed E-state index contributed by atoms with van der Waals surface area (Å²) in [5.41, 5.74) is 5.36. The normalized spacial score (nSPS) is 14.4. The van der Waals surface area contributed by atoms with Gasteiger partial charge in [0.15, 0.2) is 0 Å². The topological polar surface area (TPSA) is 155 Å². The van der Waals surface area contributed by atoms with Gasteiger partial charge in [0.1, 0.15) is 12.1 Å². The summed E-state index contributed by atoms with van der Waals surface area (Å²) in [7, 11) is -4.62. The molecule has 0 rings (SSSR count). The lowest BCUT2D eigenvalue weighted by Gasteiger charge is -2.20. The van der Waals surface area contributed by atoms with Gasteiger partial charge in [-0.15, -0.1) is 0 Å². The first kappa shape index (κ1) is 56.7. The first-order valence-corrected chi connectivity index (χ1v) is 24.8. The van der Waals surface area contributed by atoms with Crippen molar-refractivity contribution in [2.45, 2.75) is 206 Å². The fourth-order valence-corrected chi connectivity index (χ4v) is 7.00. The number of esters is 1. The first-order valence-electron chi connectivity index (χ1n) is 23.3. The molecule has 0 aliphatic rings. The van der Waals surface area contributed by atoms with Crippen LogP contribution >= 0.6 is 7.82 Å². The average Bonchev–Trinajstić information content (AvgIpc) is 3.21. The van der Waals surface area contributed by atoms with Crippen molar-refractivity contribution >= 4 is 19.8 Å². The quantitative estimate of drug-likeness (QED) is 0.0233. The monoisotopic (exact) mass is 852 g/mol. The minimum atomic E-state index is -4.62. The summed E-state index contributed by atoms with van der Waals surface area (Å²) in [6.07, 6.45) is 52.7. The Morgan fingerprint density at radius 2 is 0.983 bits per heavy atom. The van der Waals surface area contributed by atoms with Gasteiger partial charge in [-0.25, -0.2) is 4.57 Å². The van der Waals surface area contributed by atoms with E-state index in [9.17, 15) is 19.0 Å². The van der Waals surface area contributed by atoms with Crippen LogP contribution < -0.4 is 5.73 Å². The number of allylic oxidation sites excluding steroid dienone is 10. The second kappa shape index (κ2) is 43.7. The van der Waals surface area contributed by atoms with Gasteiger partial charge in [0, 0.05) is 13.0 Å². The van der Waals surface area contributed by atoms with Gasteiger partial charge in [-0.05, 0) is 57.8 Å². The highest BCUT2D eigenvalue weighted by molar-refractivity contribution is 7.47. The highest BCUT2D eigenvalue weighted by atomic mass is 31.2. The summed E-state index contributed by atoms with van der Waals surface area (Å²) in [4.78, 5) is 33.6. The van der Waals surface area contributed by atoms with Crippen LogP contribution in [0.3, 0.4) is 0 Å². The van der Waals surface area contributed by atoms with Gasteiger partial charge in [0.05, 0.1) is 19.8 Å². The van der Waals surface area contributed by atoms with Gasteiger partial charge in [-0.1, -0.05) is 190 Å². The van der Waals surface area contributed by atoms with Crippen molar-refractivity contribution in [3.63, 3.8) is 0 Å². The van der Waals surface area contributed by atoms with Gasteiger partial charge in [0.2, 0.25) is 0 Å². The van der Waals surface area contributed by atoms with E-state index in [0.717, 1.165) is 70.6 Å². The Balaban J connectivity index is 4.17. The Labute approximate surface area is 360 Å². The smallest absolute Gasteiger partial charge is 0.472 e. The Hall–Kier alpha value is -2.33. The molecule has 0 amide bonds. The van der Waals surface area contributed by atoms with E-state index in [1.54, 1.807) is 0 Å². The van der Waals surface area contributed by atoms with Crippen LogP contribution in [0.2, 0.25) is 0 Å². The van der Waals surface area contributed by atoms with Gasteiger partial charge in [0.25, 0.3) is 0 Å². The molecule has 3 atom stereocenters. The van der Waals surface area contributed by atoms with Crippen molar-refractivity contribution in [1.82, 2.24) is 0 Å². The summed E-state index contributed by atoms with van der Waals surface area (Å²) in [5, 5.41) is 8.90. The number of hydrogen-bond acceptors (Lipinski definition) is 8.